The van der Waals surface area contributed by atoms with Crippen molar-refractivity contribution in [3.63, 3.8) is 0 Å². The van der Waals surface area contributed by atoms with Gasteiger partial charge in [0.2, 0.25) is 0 Å². The van der Waals surface area contributed by atoms with E-state index in [0.717, 1.165) is 36.2 Å². The van der Waals surface area contributed by atoms with Crippen LogP contribution in [-0.4, -0.2) is 49.6 Å². The van der Waals surface area contributed by atoms with Gasteiger partial charge in [-0.25, -0.2) is 4.98 Å². The van der Waals surface area contributed by atoms with E-state index in [0.29, 0.717) is 6.54 Å². The predicted octanol–water partition coefficient (Wildman–Crippen LogP) is 3.78. The molecule has 1 heterocycles. The van der Waals surface area contributed by atoms with E-state index in [1.807, 2.05) is 6.92 Å². The molecule has 2 rings (SSSR count). The fourth-order valence-corrected chi connectivity index (χ4v) is 3.35. The molecule has 2 N–H and O–H groups in total. The Balaban J connectivity index is 0.00000364. The molecule has 0 radical (unpaired) electrons. The summed E-state index contributed by atoms with van der Waals surface area (Å²) in [6.07, 6.45) is 0.907. The van der Waals surface area contributed by atoms with Gasteiger partial charge in [0.05, 0.1) is 23.3 Å². The molecule has 0 bridgehead atoms. The first kappa shape index (κ1) is 23.8. The standard InChI is InChI=1S/C20H31N5S.HI/c1-6-21-20(22-12-11-18-14-26-16(3)24-18)23-13-19(25(4)5)17-9-7-15(2)8-10-17;/h7-10,14,19H,6,11-13H2,1-5H3,(H2,21,22,23);1H. The third kappa shape index (κ3) is 8.15. The number of hydrogen-bond donors (Lipinski definition) is 2. The second-order valence-electron chi connectivity index (χ2n) is 6.64. The van der Waals surface area contributed by atoms with Gasteiger partial charge in [-0.05, 0) is 40.4 Å². The van der Waals surface area contributed by atoms with E-state index in [2.05, 4.69) is 78.1 Å². The minimum Gasteiger partial charge on any atom is -0.357 e. The lowest BCUT2D eigenvalue weighted by Crippen LogP contribution is -2.39. The summed E-state index contributed by atoms with van der Waals surface area (Å²) in [6, 6.07) is 8.97. The minimum absolute atomic E-state index is 0. The lowest BCUT2D eigenvalue weighted by Gasteiger charge is -2.24. The highest BCUT2D eigenvalue weighted by molar-refractivity contribution is 14.0. The summed E-state index contributed by atoms with van der Waals surface area (Å²) in [7, 11) is 4.20. The third-order valence-electron chi connectivity index (χ3n) is 4.19. The first-order chi connectivity index (χ1) is 12.5. The molecule has 1 aromatic heterocycles. The van der Waals surface area contributed by atoms with E-state index in [1.165, 1.54) is 11.1 Å². The van der Waals surface area contributed by atoms with Gasteiger partial charge in [-0.1, -0.05) is 29.8 Å². The molecule has 1 unspecified atom stereocenters. The summed E-state index contributed by atoms with van der Waals surface area (Å²) < 4.78 is 0. The Morgan fingerprint density at radius 2 is 1.89 bits per heavy atom. The van der Waals surface area contributed by atoms with Crippen molar-refractivity contribution in [3.8, 4) is 0 Å². The average molecular weight is 501 g/mol. The fourth-order valence-electron chi connectivity index (χ4n) is 2.71. The maximum atomic E-state index is 4.81. The van der Waals surface area contributed by atoms with Crippen LogP contribution in [0.15, 0.2) is 34.6 Å². The normalized spacial score (nSPS) is 12.6. The minimum atomic E-state index is 0. The van der Waals surface area contributed by atoms with Crippen molar-refractivity contribution in [2.24, 2.45) is 4.99 Å². The van der Waals surface area contributed by atoms with Crippen molar-refractivity contribution in [1.82, 2.24) is 20.5 Å². The number of hydrogen-bond acceptors (Lipinski definition) is 4. The first-order valence-corrected chi connectivity index (χ1v) is 10.0. The van der Waals surface area contributed by atoms with Gasteiger partial charge in [0, 0.05) is 24.9 Å². The van der Waals surface area contributed by atoms with E-state index in [-0.39, 0.29) is 30.0 Å². The molecule has 1 aromatic carbocycles. The highest BCUT2D eigenvalue weighted by atomic mass is 127. The molecular formula is C20H32IN5S. The monoisotopic (exact) mass is 501 g/mol. The van der Waals surface area contributed by atoms with Crippen LogP contribution < -0.4 is 10.6 Å². The lowest BCUT2D eigenvalue weighted by atomic mass is 10.0. The molecule has 0 aliphatic heterocycles. The van der Waals surface area contributed by atoms with Crippen molar-refractivity contribution in [3.05, 3.63) is 51.5 Å². The van der Waals surface area contributed by atoms with Gasteiger partial charge in [-0.15, -0.1) is 35.3 Å². The van der Waals surface area contributed by atoms with E-state index in [9.17, 15) is 0 Å². The molecule has 0 amide bonds. The van der Waals surface area contributed by atoms with Crippen molar-refractivity contribution >= 4 is 41.3 Å². The van der Waals surface area contributed by atoms with Crippen LogP contribution in [0.5, 0.6) is 0 Å². The molecule has 0 aliphatic carbocycles. The summed E-state index contributed by atoms with van der Waals surface area (Å²) in [6.45, 7) is 8.62. The van der Waals surface area contributed by atoms with E-state index in [4.69, 9.17) is 4.99 Å². The lowest BCUT2D eigenvalue weighted by molar-refractivity contribution is 0.306. The first-order valence-electron chi connectivity index (χ1n) is 9.15. The van der Waals surface area contributed by atoms with Gasteiger partial charge >= 0.3 is 0 Å². The smallest absolute Gasteiger partial charge is 0.191 e. The van der Waals surface area contributed by atoms with Gasteiger partial charge in [-0.3, -0.25) is 4.99 Å². The summed E-state index contributed by atoms with van der Waals surface area (Å²) in [5, 5.41) is 9.99. The maximum Gasteiger partial charge on any atom is 0.191 e. The Morgan fingerprint density at radius 3 is 2.44 bits per heavy atom. The van der Waals surface area contributed by atoms with Gasteiger partial charge in [0.1, 0.15) is 0 Å². The average Bonchev–Trinajstić information content (AvgIpc) is 3.01. The molecule has 7 heteroatoms. The van der Waals surface area contributed by atoms with Crippen LogP contribution in [0.3, 0.4) is 0 Å². The molecule has 0 spiro atoms. The molecule has 0 fully saturated rings. The summed E-state index contributed by atoms with van der Waals surface area (Å²) >= 11 is 1.70. The van der Waals surface area contributed by atoms with Crippen LogP contribution >= 0.6 is 35.3 Å². The van der Waals surface area contributed by atoms with Gasteiger partial charge in [-0.2, -0.15) is 0 Å². The molecule has 27 heavy (non-hydrogen) atoms. The molecule has 0 aliphatic rings. The Kier molecular flexibility index (Phi) is 10.9. The second-order valence-corrected chi connectivity index (χ2v) is 7.71. The zero-order chi connectivity index (χ0) is 18.9. The largest absolute Gasteiger partial charge is 0.357 e. The second kappa shape index (κ2) is 12.3. The van der Waals surface area contributed by atoms with Crippen LogP contribution in [0.2, 0.25) is 0 Å². The fraction of sp³-hybridized carbons (Fsp3) is 0.500. The van der Waals surface area contributed by atoms with Gasteiger partial charge < -0.3 is 15.5 Å². The number of likely N-dealkylation sites (N-methyl/N-ethyl adjacent to an activating group) is 1. The Labute approximate surface area is 184 Å². The van der Waals surface area contributed by atoms with E-state index < -0.39 is 0 Å². The summed E-state index contributed by atoms with van der Waals surface area (Å²) in [4.78, 5) is 11.5. The number of rotatable bonds is 8. The highest BCUT2D eigenvalue weighted by Crippen LogP contribution is 2.19. The zero-order valence-electron chi connectivity index (χ0n) is 17.0. The van der Waals surface area contributed by atoms with Gasteiger partial charge in [0.15, 0.2) is 5.96 Å². The SMILES string of the molecule is CCNC(=NCC(c1ccc(C)cc1)N(C)C)NCCc1csc(C)n1.I. The molecular weight excluding hydrogens is 469 g/mol. The number of guanidine groups is 1. The van der Waals surface area contributed by atoms with Crippen molar-refractivity contribution in [2.45, 2.75) is 33.2 Å². The number of aryl methyl sites for hydroxylation is 2. The molecule has 0 saturated carbocycles. The number of nitrogens with zero attached hydrogens (tertiary/aromatic N) is 3. The molecule has 1 atom stereocenters. The maximum absolute atomic E-state index is 4.81. The van der Waals surface area contributed by atoms with E-state index in [1.54, 1.807) is 11.3 Å². The Hall–Kier alpha value is -1.19. The number of benzene rings is 1. The number of nitrogens with one attached hydrogen (secondary N) is 2. The van der Waals surface area contributed by atoms with Crippen molar-refractivity contribution in [1.29, 1.82) is 0 Å². The van der Waals surface area contributed by atoms with Crippen molar-refractivity contribution < 1.29 is 0 Å². The van der Waals surface area contributed by atoms with Crippen LogP contribution in [-0.2, 0) is 6.42 Å². The number of aliphatic imine (C=N–C) groups is 1. The zero-order valence-corrected chi connectivity index (χ0v) is 20.1. The van der Waals surface area contributed by atoms with Crippen molar-refractivity contribution in [2.75, 3.05) is 33.7 Å². The summed E-state index contributed by atoms with van der Waals surface area (Å²) in [5.41, 5.74) is 3.71. The number of aromatic nitrogens is 1. The Bertz CT molecular complexity index is 697. The highest BCUT2D eigenvalue weighted by Gasteiger charge is 2.13. The van der Waals surface area contributed by atoms with Crippen LogP contribution in [0.1, 0.15) is 34.8 Å². The van der Waals surface area contributed by atoms with E-state index >= 15 is 0 Å². The third-order valence-corrected chi connectivity index (χ3v) is 5.01. The van der Waals surface area contributed by atoms with Crippen LogP contribution in [0.4, 0.5) is 0 Å². The van der Waals surface area contributed by atoms with Crippen LogP contribution in [0.25, 0.3) is 0 Å². The Morgan fingerprint density at radius 1 is 1.19 bits per heavy atom. The molecule has 150 valence electrons. The molecule has 0 saturated heterocycles. The predicted molar refractivity (Wildman–Crippen MR) is 128 cm³/mol. The van der Waals surface area contributed by atoms with Crippen LogP contribution in [0, 0.1) is 13.8 Å². The molecule has 2 aromatic rings. The number of thiazole rings is 1. The molecule has 5 nitrogen and oxygen atoms in total. The number of halogens is 1. The quantitative estimate of drug-likeness (QED) is 0.329. The summed E-state index contributed by atoms with van der Waals surface area (Å²) in [5.74, 6) is 0.860. The topological polar surface area (TPSA) is 52.6 Å². The van der Waals surface area contributed by atoms with Gasteiger partial charge in [0.25, 0.3) is 0 Å².